The summed E-state index contributed by atoms with van der Waals surface area (Å²) in [4.78, 5) is 23.5. The Morgan fingerprint density at radius 2 is 2.12 bits per heavy atom. The molecule has 2 aromatic rings. The van der Waals surface area contributed by atoms with Crippen molar-refractivity contribution in [1.29, 1.82) is 0 Å². The number of nitrogens with one attached hydrogen (secondary N) is 1. The van der Waals surface area contributed by atoms with Gasteiger partial charge in [0.05, 0.1) is 30.2 Å². The summed E-state index contributed by atoms with van der Waals surface area (Å²) in [5.74, 6) is -0.677. The molecular weight excluding hydrogens is 332 g/mol. The third-order valence-corrected chi connectivity index (χ3v) is 3.28. The molecule has 0 fully saturated rings. The Kier molecular flexibility index (Phi) is 6.94. The van der Waals surface area contributed by atoms with Gasteiger partial charge in [-0.2, -0.15) is 5.10 Å². The number of nitrogens with two attached hydrogens (primary N) is 1. The van der Waals surface area contributed by atoms with Gasteiger partial charge in [-0.15, -0.1) is 12.4 Å². The predicted octanol–water partition coefficient (Wildman–Crippen LogP) is 2.06. The van der Waals surface area contributed by atoms with Crippen LogP contribution in [0.25, 0.3) is 5.69 Å². The van der Waals surface area contributed by atoms with E-state index in [1.807, 2.05) is 6.07 Å². The standard InChI is InChI=1S/C16H20N4O3.ClH/c1-4-23-16(22)14-9-18-20(11(14)3)13-7-5-6-12(8-13)19-15(21)10(2)17;/h5-10H,4,17H2,1-3H3,(H,19,21);1H/t10-;/m1./s1. The normalized spacial score (nSPS) is 11.3. The van der Waals surface area contributed by atoms with Crippen LogP contribution < -0.4 is 11.1 Å². The van der Waals surface area contributed by atoms with Crippen LogP contribution in [0.2, 0.25) is 0 Å². The number of ether oxygens (including phenoxy) is 1. The lowest BCUT2D eigenvalue weighted by Gasteiger charge is -2.10. The molecule has 7 nitrogen and oxygen atoms in total. The fourth-order valence-corrected chi connectivity index (χ4v) is 2.05. The topological polar surface area (TPSA) is 99.2 Å². The van der Waals surface area contributed by atoms with Crippen molar-refractivity contribution in [3.8, 4) is 5.69 Å². The fraction of sp³-hybridized carbons (Fsp3) is 0.312. The molecule has 1 heterocycles. The molecule has 130 valence electrons. The summed E-state index contributed by atoms with van der Waals surface area (Å²) in [6.07, 6.45) is 1.47. The van der Waals surface area contributed by atoms with Gasteiger partial charge in [0, 0.05) is 5.69 Å². The van der Waals surface area contributed by atoms with E-state index >= 15 is 0 Å². The van der Waals surface area contributed by atoms with Crippen molar-refractivity contribution >= 4 is 30.0 Å². The highest BCUT2D eigenvalue weighted by Gasteiger charge is 2.16. The van der Waals surface area contributed by atoms with Gasteiger partial charge in [0.2, 0.25) is 5.91 Å². The molecule has 0 spiro atoms. The highest BCUT2D eigenvalue weighted by molar-refractivity contribution is 5.94. The zero-order valence-electron chi connectivity index (χ0n) is 13.8. The lowest BCUT2D eigenvalue weighted by Crippen LogP contribution is -2.32. The Morgan fingerprint density at radius 1 is 1.42 bits per heavy atom. The van der Waals surface area contributed by atoms with Gasteiger partial charge < -0.3 is 15.8 Å². The van der Waals surface area contributed by atoms with Crippen LogP contribution in [0.3, 0.4) is 0 Å². The quantitative estimate of drug-likeness (QED) is 0.802. The number of hydrogen-bond donors (Lipinski definition) is 2. The van der Waals surface area contributed by atoms with Gasteiger partial charge in [-0.25, -0.2) is 9.48 Å². The SMILES string of the molecule is CCOC(=O)c1cnn(-c2cccc(NC(=O)[C@@H](C)N)c2)c1C.Cl. The lowest BCUT2D eigenvalue weighted by atomic mass is 10.2. The second-order valence-electron chi connectivity index (χ2n) is 5.10. The number of anilines is 1. The molecule has 1 amide bonds. The average Bonchev–Trinajstić information content (AvgIpc) is 2.89. The highest BCUT2D eigenvalue weighted by atomic mass is 35.5. The first-order valence-corrected chi connectivity index (χ1v) is 7.32. The van der Waals surface area contributed by atoms with E-state index < -0.39 is 12.0 Å². The number of carbonyl (C=O) groups excluding carboxylic acids is 2. The first-order chi connectivity index (χ1) is 10.9. The fourth-order valence-electron chi connectivity index (χ4n) is 2.05. The molecule has 0 aliphatic heterocycles. The zero-order valence-corrected chi connectivity index (χ0v) is 14.6. The van der Waals surface area contributed by atoms with Gasteiger partial charge >= 0.3 is 5.97 Å². The molecule has 8 heteroatoms. The lowest BCUT2D eigenvalue weighted by molar-refractivity contribution is -0.117. The second-order valence-corrected chi connectivity index (χ2v) is 5.10. The Labute approximate surface area is 146 Å². The van der Waals surface area contributed by atoms with Gasteiger partial charge in [-0.1, -0.05) is 6.07 Å². The van der Waals surface area contributed by atoms with Crippen molar-refractivity contribution in [1.82, 2.24) is 9.78 Å². The van der Waals surface area contributed by atoms with E-state index in [2.05, 4.69) is 10.4 Å². The molecule has 3 N–H and O–H groups in total. The molecule has 24 heavy (non-hydrogen) atoms. The smallest absolute Gasteiger partial charge is 0.341 e. The van der Waals surface area contributed by atoms with Crippen LogP contribution in [0.1, 0.15) is 29.9 Å². The summed E-state index contributed by atoms with van der Waals surface area (Å²) in [5, 5.41) is 6.95. The zero-order chi connectivity index (χ0) is 17.0. The number of aromatic nitrogens is 2. The molecule has 0 saturated carbocycles. The number of nitrogens with zero attached hydrogens (tertiary/aromatic N) is 2. The van der Waals surface area contributed by atoms with Crippen LogP contribution in [-0.2, 0) is 9.53 Å². The molecule has 0 radical (unpaired) electrons. The summed E-state index contributed by atoms with van der Waals surface area (Å²) >= 11 is 0. The van der Waals surface area contributed by atoms with Gasteiger partial charge in [-0.05, 0) is 39.0 Å². The number of hydrogen-bond acceptors (Lipinski definition) is 5. The van der Waals surface area contributed by atoms with Crippen LogP contribution in [0.15, 0.2) is 30.5 Å². The molecule has 0 aliphatic carbocycles. The molecule has 1 atom stereocenters. The molecule has 1 aromatic heterocycles. The largest absolute Gasteiger partial charge is 0.462 e. The maximum absolute atomic E-state index is 11.9. The highest BCUT2D eigenvalue weighted by Crippen LogP contribution is 2.18. The number of rotatable bonds is 5. The van der Waals surface area contributed by atoms with Gasteiger partial charge in [-0.3, -0.25) is 4.79 Å². The predicted molar refractivity (Wildman–Crippen MR) is 93.8 cm³/mol. The number of halogens is 1. The summed E-state index contributed by atoms with van der Waals surface area (Å²) in [7, 11) is 0. The van der Waals surface area contributed by atoms with Crippen molar-refractivity contribution in [2.75, 3.05) is 11.9 Å². The number of benzene rings is 1. The van der Waals surface area contributed by atoms with Crippen LogP contribution in [-0.4, -0.2) is 34.3 Å². The van der Waals surface area contributed by atoms with Crippen LogP contribution in [0.5, 0.6) is 0 Å². The first-order valence-electron chi connectivity index (χ1n) is 7.32. The molecule has 0 unspecified atom stereocenters. The van der Waals surface area contributed by atoms with Gasteiger partial charge in [0.25, 0.3) is 0 Å². The molecule has 0 saturated heterocycles. The third-order valence-electron chi connectivity index (χ3n) is 3.28. The van der Waals surface area contributed by atoms with E-state index in [1.165, 1.54) is 6.20 Å². The average molecular weight is 353 g/mol. The minimum Gasteiger partial charge on any atom is -0.462 e. The van der Waals surface area contributed by atoms with Crippen LogP contribution >= 0.6 is 12.4 Å². The van der Waals surface area contributed by atoms with Crippen molar-refractivity contribution < 1.29 is 14.3 Å². The van der Waals surface area contributed by atoms with E-state index in [0.717, 1.165) is 5.69 Å². The van der Waals surface area contributed by atoms with E-state index in [9.17, 15) is 9.59 Å². The van der Waals surface area contributed by atoms with Gasteiger partial charge in [0.15, 0.2) is 0 Å². The Balaban J connectivity index is 0.00000288. The Hall–Kier alpha value is -2.38. The van der Waals surface area contributed by atoms with E-state index in [4.69, 9.17) is 10.5 Å². The Morgan fingerprint density at radius 3 is 2.75 bits per heavy atom. The van der Waals surface area contributed by atoms with E-state index in [0.29, 0.717) is 23.6 Å². The van der Waals surface area contributed by atoms with Crippen molar-refractivity contribution in [2.24, 2.45) is 5.73 Å². The first kappa shape index (κ1) is 19.7. The summed E-state index contributed by atoms with van der Waals surface area (Å²) in [6, 6.07) is 6.54. The maximum Gasteiger partial charge on any atom is 0.341 e. The molecule has 0 aliphatic rings. The van der Waals surface area contributed by atoms with Crippen LogP contribution in [0.4, 0.5) is 5.69 Å². The molecular formula is C16H21ClN4O3. The monoisotopic (exact) mass is 352 g/mol. The minimum atomic E-state index is -0.597. The summed E-state index contributed by atoms with van der Waals surface area (Å²) in [6.45, 7) is 5.46. The van der Waals surface area contributed by atoms with Crippen molar-refractivity contribution in [3.63, 3.8) is 0 Å². The van der Waals surface area contributed by atoms with E-state index in [-0.39, 0.29) is 18.3 Å². The maximum atomic E-state index is 11.9. The number of amides is 1. The number of carbonyl (C=O) groups is 2. The number of esters is 1. The summed E-state index contributed by atoms with van der Waals surface area (Å²) < 4.78 is 6.62. The van der Waals surface area contributed by atoms with E-state index in [1.54, 1.807) is 43.7 Å². The minimum absolute atomic E-state index is 0. The van der Waals surface area contributed by atoms with Crippen molar-refractivity contribution in [2.45, 2.75) is 26.8 Å². The third kappa shape index (κ3) is 4.33. The summed E-state index contributed by atoms with van der Waals surface area (Å²) in [5.41, 5.74) is 7.95. The van der Waals surface area contributed by atoms with Crippen molar-refractivity contribution in [3.05, 3.63) is 41.7 Å². The Bertz CT molecular complexity index is 728. The van der Waals surface area contributed by atoms with Crippen LogP contribution in [0, 0.1) is 6.92 Å². The molecule has 1 aromatic carbocycles. The molecule has 0 bridgehead atoms. The molecule has 2 rings (SSSR count). The van der Waals surface area contributed by atoms with Gasteiger partial charge in [0.1, 0.15) is 5.56 Å². The second kappa shape index (κ2) is 8.47.